The van der Waals surface area contributed by atoms with Gasteiger partial charge in [-0.1, -0.05) is 0 Å². The van der Waals surface area contributed by atoms with Crippen LogP contribution in [0.25, 0.3) is 10.9 Å². The monoisotopic (exact) mass is 455 g/mol. The normalized spacial score (nSPS) is 34.7. The van der Waals surface area contributed by atoms with Crippen LogP contribution in [0.1, 0.15) is 24.8 Å². The number of anilines is 1. The molecule has 33 heavy (non-hydrogen) atoms. The minimum absolute atomic E-state index is 0.00926. The number of aromatic nitrogens is 1. The van der Waals surface area contributed by atoms with Gasteiger partial charge in [0.15, 0.2) is 0 Å². The first-order valence-corrected chi connectivity index (χ1v) is 11.4. The fourth-order valence-electron chi connectivity index (χ4n) is 6.55. The fourth-order valence-corrected chi connectivity index (χ4v) is 6.55. The molecule has 1 saturated carbocycles. The van der Waals surface area contributed by atoms with Gasteiger partial charge in [-0.2, -0.15) is 18.4 Å². The van der Waals surface area contributed by atoms with Crippen LogP contribution in [-0.2, 0) is 4.79 Å². The second-order valence-electron chi connectivity index (χ2n) is 10.1. The van der Waals surface area contributed by atoms with Crippen molar-refractivity contribution in [1.29, 1.82) is 5.26 Å². The third kappa shape index (κ3) is 2.83. The van der Waals surface area contributed by atoms with Gasteiger partial charge in [-0.05, 0) is 62.5 Å². The molecule has 172 valence electrons. The first-order chi connectivity index (χ1) is 15.8. The van der Waals surface area contributed by atoms with Gasteiger partial charge in [0, 0.05) is 42.9 Å². The van der Waals surface area contributed by atoms with Crippen molar-refractivity contribution in [1.82, 2.24) is 15.2 Å². The molecule has 4 aliphatic heterocycles. The van der Waals surface area contributed by atoms with E-state index < -0.39 is 22.9 Å². The number of benzene rings is 1. The molecule has 0 radical (unpaired) electrons. The van der Waals surface area contributed by atoms with Crippen molar-refractivity contribution in [3.8, 4) is 6.07 Å². The summed E-state index contributed by atoms with van der Waals surface area (Å²) in [7, 11) is 0. The number of carbonyl (C=O) groups is 1. The standard InChI is InChI=1S/C24H24F3N5O/c25-24(26,27)23-12-22(23,21(33)30-18-11-31-8-5-15(18)6-9-31)13-32(14-23)19-4-3-16(10-28)20-17(19)2-1-7-29-20/h1-4,7,15,18H,5-6,8-9,11-14H2,(H,30,33)/t18-,22?,23?/m0/s1. The molecular formula is C24H24F3N5O. The number of nitriles is 1. The van der Waals surface area contributed by atoms with Crippen molar-refractivity contribution in [3.05, 3.63) is 36.0 Å². The third-order valence-electron chi connectivity index (χ3n) is 8.47. The summed E-state index contributed by atoms with van der Waals surface area (Å²) in [6, 6.07) is 8.76. The van der Waals surface area contributed by atoms with Crippen molar-refractivity contribution < 1.29 is 18.0 Å². The van der Waals surface area contributed by atoms with Crippen LogP contribution in [0, 0.1) is 28.1 Å². The van der Waals surface area contributed by atoms with Crippen LogP contribution in [0.3, 0.4) is 0 Å². The molecule has 4 saturated heterocycles. The molecule has 5 heterocycles. The van der Waals surface area contributed by atoms with Gasteiger partial charge < -0.3 is 15.1 Å². The van der Waals surface area contributed by atoms with Gasteiger partial charge in [-0.3, -0.25) is 9.78 Å². The molecule has 9 heteroatoms. The number of pyridine rings is 1. The predicted molar refractivity (Wildman–Crippen MR) is 115 cm³/mol. The van der Waals surface area contributed by atoms with Crippen LogP contribution in [-0.4, -0.2) is 60.7 Å². The molecule has 0 spiro atoms. The van der Waals surface area contributed by atoms with E-state index >= 15 is 0 Å². The van der Waals surface area contributed by atoms with Crippen LogP contribution in [0.2, 0.25) is 0 Å². The lowest BCUT2D eigenvalue weighted by atomic mass is 9.83. The Balaban J connectivity index is 1.33. The van der Waals surface area contributed by atoms with Crippen molar-refractivity contribution in [2.24, 2.45) is 16.7 Å². The number of fused-ring (bicyclic) bond motifs is 5. The van der Waals surface area contributed by atoms with Gasteiger partial charge in [0.2, 0.25) is 5.91 Å². The highest BCUT2D eigenvalue weighted by Crippen LogP contribution is 2.75. The SMILES string of the molecule is N#Cc1ccc(N2CC3(C(=O)N[C@H]4CN5CCC4CC5)CC3(C(F)(F)F)C2)c2cccnc12. The van der Waals surface area contributed by atoms with Gasteiger partial charge >= 0.3 is 6.18 Å². The molecule has 2 unspecified atom stereocenters. The maximum Gasteiger partial charge on any atom is 0.397 e. The average molecular weight is 455 g/mol. The van der Waals surface area contributed by atoms with E-state index in [2.05, 4.69) is 21.3 Å². The molecular weight excluding hydrogens is 431 g/mol. The number of rotatable bonds is 3. The largest absolute Gasteiger partial charge is 0.397 e. The van der Waals surface area contributed by atoms with Gasteiger partial charge in [0.1, 0.15) is 11.5 Å². The highest BCUT2D eigenvalue weighted by molar-refractivity contribution is 5.97. The van der Waals surface area contributed by atoms with Crippen LogP contribution in [0.5, 0.6) is 0 Å². The molecule has 1 aliphatic carbocycles. The van der Waals surface area contributed by atoms with Gasteiger partial charge in [0.25, 0.3) is 0 Å². The quantitative estimate of drug-likeness (QED) is 0.770. The Morgan fingerprint density at radius 3 is 2.67 bits per heavy atom. The summed E-state index contributed by atoms with van der Waals surface area (Å²) in [4.78, 5) is 21.7. The Morgan fingerprint density at radius 2 is 2.00 bits per heavy atom. The second kappa shape index (κ2) is 6.83. The smallest absolute Gasteiger partial charge is 0.369 e. The second-order valence-corrected chi connectivity index (χ2v) is 10.1. The van der Waals surface area contributed by atoms with Crippen LogP contribution >= 0.6 is 0 Å². The van der Waals surface area contributed by atoms with Gasteiger partial charge in [-0.15, -0.1) is 0 Å². The molecule has 5 fully saturated rings. The Labute approximate surface area is 189 Å². The Bertz CT molecular complexity index is 1180. The lowest BCUT2D eigenvalue weighted by molar-refractivity contribution is -0.192. The molecule has 2 aromatic rings. The fraction of sp³-hybridized carbons (Fsp3) is 0.542. The van der Waals surface area contributed by atoms with E-state index in [9.17, 15) is 23.2 Å². The van der Waals surface area contributed by atoms with Crippen molar-refractivity contribution >= 4 is 22.5 Å². The van der Waals surface area contributed by atoms with E-state index in [1.807, 2.05) is 0 Å². The molecule has 1 N–H and O–H groups in total. The summed E-state index contributed by atoms with van der Waals surface area (Å²) in [6.45, 7) is 2.47. The van der Waals surface area contributed by atoms with Crippen molar-refractivity contribution in [2.45, 2.75) is 31.5 Å². The molecule has 2 bridgehead atoms. The molecule has 1 amide bonds. The first-order valence-electron chi connectivity index (χ1n) is 11.4. The number of piperidine rings is 4. The summed E-state index contributed by atoms with van der Waals surface area (Å²) in [5, 5.41) is 13.1. The van der Waals surface area contributed by atoms with E-state index in [1.165, 1.54) is 0 Å². The first kappa shape index (κ1) is 20.7. The van der Waals surface area contributed by atoms with E-state index in [-0.39, 0.29) is 25.6 Å². The molecule has 1 aromatic carbocycles. The average Bonchev–Trinajstić information content (AvgIpc) is 3.36. The van der Waals surface area contributed by atoms with Gasteiger partial charge in [0.05, 0.1) is 16.5 Å². The van der Waals surface area contributed by atoms with Crippen molar-refractivity contribution in [2.75, 3.05) is 37.6 Å². The molecule has 3 atom stereocenters. The molecule has 7 rings (SSSR count). The summed E-state index contributed by atoms with van der Waals surface area (Å²) >= 11 is 0. The number of hydrogen-bond donors (Lipinski definition) is 1. The summed E-state index contributed by atoms with van der Waals surface area (Å²) in [6.07, 6.45) is -1.11. The number of alkyl halides is 3. The zero-order valence-electron chi connectivity index (χ0n) is 18.0. The van der Waals surface area contributed by atoms with Crippen LogP contribution < -0.4 is 10.2 Å². The highest BCUT2D eigenvalue weighted by Gasteiger charge is 2.86. The minimum Gasteiger partial charge on any atom is -0.369 e. The maximum absolute atomic E-state index is 14.4. The zero-order chi connectivity index (χ0) is 23.0. The number of nitrogens with one attached hydrogen (secondary N) is 1. The Morgan fingerprint density at radius 1 is 1.21 bits per heavy atom. The summed E-state index contributed by atoms with van der Waals surface area (Å²) < 4.78 is 43.1. The molecule has 6 nitrogen and oxygen atoms in total. The number of halogens is 3. The minimum atomic E-state index is -4.48. The summed E-state index contributed by atoms with van der Waals surface area (Å²) in [5.41, 5.74) is -2.09. The van der Waals surface area contributed by atoms with E-state index in [1.54, 1.807) is 35.4 Å². The predicted octanol–water partition coefficient (Wildman–Crippen LogP) is 3.08. The molecule has 5 aliphatic rings. The maximum atomic E-state index is 14.4. The number of nitrogens with zero attached hydrogens (tertiary/aromatic N) is 4. The number of hydrogen-bond acceptors (Lipinski definition) is 5. The Kier molecular flexibility index (Phi) is 4.29. The van der Waals surface area contributed by atoms with E-state index in [4.69, 9.17) is 0 Å². The number of carbonyl (C=O) groups excluding carboxylic acids is 1. The van der Waals surface area contributed by atoms with Crippen molar-refractivity contribution in [3.63, 3.8) is 0 Å². The topological polar surface area (TPSA) is 72.3 Å². The molecule has 1 aromatic heterocycles. The third-order valence-corrected chi connectivity index (χ3v) is 8.47. The zero-order valence-corrected chi connectivity index (χ0v) is 18.0. The van der Waals surface area contributed by atoms with E-state index in [0.29, 0.717) is 28.1 Å². The van der Waals surface area contributed by atoms with E-state index in [0.717, 1.165) is 32.5 Å². The highest BCUT2D eigenvalue weighted by atomic mass is 19.4. The lowest BCUT2D eigenvalue weighted by Crippen LogP contribution is -2.58. The van der Waals surface area contributed by atoms with Crippen LogP contribution in [0.4, 0.5) is 18.9 Å². The number of amides is 1. The lowest BCUT2D eigenvalue weighted by Gasteiger charge is -2.45. The van der Waals surface area contributed by atoms with Crippen LogP contribution in [0.15, 0.2) is 30.5 Å². The van der Waals surface area contributed by atoms with Gasteiger partial charge in [-0.25, -0.2) is 0 Å². The Hall–Kier alpha value is -2.86. The summed E-state index contributed by atoms with van der Waals surface area (Å²) in [5.74, 6) is -0.113.